The summed E-state index contributed by atoms with van der Waals surface area (Å²) in [7, 11) is 0. The van der Waals surface area contributed by atoms with Gasteiger partial charge in [0.25, 0.3) is 5.91 Å². The normalized spacial score (nSPS) is 16.3. The second-order valence-corrected chi connectivity index (χ2v) is 7.27. The number of furan rings is 1. The van der Waals surface area contributed by atoms with E-state index in [1.54, 1.807) is 17.1 Å². The molecule has 4 heterocycles. The molecule has 1 atom stereocenters. The van der Waals surface area contributed by atoms with Gasteiger partial charge in [0, 0.05) is 48.4 Å². The zero-order valence-corrected chi connectivity index (χ0v) is 16.5. The third-order valence-corrected chi connectivity index (χ3v) is 5.42. The number of nitrogens with one attached hydrogen (secondary N) is 1. The Kier molecular flexibility index (Phi) is 4.62. The summed E-state index contributed by atoms with van der Waals surface area (Å²) in [6, 6.07) is 11.3. The van der Waals surface area contributed by atoms with Crippen LogP contribution in [0.1, 0.15) is 23.7 Å². The van der Waals surface area contributed by atoms with Crippen molar-refractivity contribution in [3.63, 3.8) is 0 Å². The van der Waals surface area contributed by atoms with Crippen LogP contribution in [0.15, 0.2) is 53.3 Å². The van der Waals surface area contributed by atoms with E-state index in [0.29, 0.717) is 18.7 Å². The number of tetrazole rings is 1. The summed E-state index contributed by atoms with van der Waals surface area (Å²) in [6.45, 7) is 4.21. The lowest BCUT2D eigenvalue weighted by Gasteiger charge is -2.17. The summed E-state index contributed by atoms with van der Waals surface area (Å²) in [5, 5.41) is 15.9. The van der Waals surface area contributed by atoms with Crippen molar-refractivity contribution in [1.29, 1.82) is 0 Å². The van der Waals surface area contributed by atoms with E-state index >= 15 is 0 Å². The number of pyridine rings is 1. The average Bonchev–Trinajstić information content (AvgIpc) is 3.53. The molecule has 9 nitrogen and oxygen atoms in total. The quantitative estimate of drug-likeness (QED) is 0.546. The SMILES string of the molecule is CCn1nnnc1N1CCC(NC(=O)c2ccc(-c3nccc4occc34)cc2)C1. The number of hydrogen-bond acceptors (Lipinski definition) is 7. The third-order valence-electron chi connectivity index (χ3n) is 5.42. The Morgan fingerprint density at radius 3 is 2.93 bits per heavy atom. The van der Waals surface area contributed by atoms with Crippen LogP contribution in [0, 0.1) is 0 Å². The van der Waals surface area contributed by atoms with Crippen LogP contribution < -0.4 is 10.2 Å². The Balaban J connectivity index is 1.27. The highest BCUT2D eigenvalue weighted by Crippen LogP contribution is 2.27. The lowest BCUT2D eigenvalue weighted by Crippen LogP contribution is -2.37. The van der Waals surface area contributed by atoms with Crippen molar-refractivity contribution < 1.29 is 9.21 Å². The molecule has 1 aromatic carbocycles. The highest BCUT2D eigenvalue weighted by molar-refractivity contribution is 5.96. The van der Waals surface area contributed by atoms with E-state index in [1.807, 2.05) is 43.3 Å². The van der Waals surface area contributed by atoms with Crippen molar-refractivity contribution >= 4 is 22.8 Å². The summed E-state index contributed by atoms with van der Waals surface area (Å²) >= 11 is 0. The van der Waals surface area contributed by atoms with Crippen molar-refractivity contribution in [3.8, 4) is 11.3 Å². The predicted octanol–water partition coefficient (Wildman–Crippen LogP) is 2.51. The summed E-state index contributed by atoms with van der Waals surface area (Å²) < 4.78 is 7.21. The first kappa shape index (κ1) is 18.3. The molecule has 4 aromatic rings. The smallest absolute Gasteiger partial charge is 0.251 e. The minimum absolute atomic E-state index is 0.0560. The van der Waals surface area contributed by atoms with Crippen LogP contribution in [0.25, 0.3) is 22.2 Å². The minimum Gasteiger partial charge on any atom is -0.464 e. The van der Waals surface area contributed by atoms with E-state index in [2.05, 4.69) is 30.7 Å². The van der Waals surface area contributed by atoms with Crippen molar-refractivity contribution in [3.05, 3.63) is 54.4 Å². The molecule has 3 aromatic heterocycles. The van der Waals surface area contributed by atoms with Crippen molar-refractivity contribution in [2.24, 2.45) is 0 Å². The molecule has 0 saturated carbocycles. The number of fused-ring (bicyclic) bond motifs is 1. The number of amides is 1. The van der Waals surface area contributed by atoms with Gasteiger partial charge in [0.05, 0.1) is 12.0 Å². The van der Waals surface area contributed by atoms with Gasteiger partial charge >= 0.3 is 0 Å². The molecule has 1 unspecified atom stereocenters. The maximum absolute atomic E-state index is 12.7. The minimum atomic E-state index is -0.0852. The highest BCUT2D eigenvalue weighted by atomic mass is 16.3. The van der Waals surface area contributed by atoms with Crippen LogP contribution >= 0.6 is 0 Å². The number of rotatable bonds is 5. The molecular weight excluding hydrogens is 382 g/mol. The number of aryl methyl sites for hydroxylation is 1. The van der Waals surface area contributed by atoms with E-state index < -0.39 is 0 Å². The molecule has 9 heteroatoms. The number of hydrogen-bond donors (Lipinski definition) is 1. The molecule has 0 radical (unpaired) electrons. The second-order valence-electron chi connectivity index (χ2n) is 7.27. The number of anilines is 1. The van der Waals surface area contributed by atoms with Crippen LogP contribution in [0.5, 0.6) is 0 Å². The average molecular weight is 403 g/mol. The van der Waals surface area contributed by atoms with Gasteiger partial charge in [0.15, 0.2) is 0 Å². The maximum Gasteiger partial charge on any atom is 0.251 e. The van der Waals surface area contributed by atoms with Gasteiger partial charge in [0.2, 0.25) is 5.95 Å². The number of aromatic nitrogens is 5. The lowest BCUT2D eigenvalue weighted by molar-refractivity contribution is 0.0940. The maximum atomic E-state index is 12.7. The monoisotopic (exact) mass is 403 g/mol. The molecule has 30 heavy (non-hydrogen) atoms. The first-order chi connectivity index (χ1) is 14.7. The van der Waals surface area contributed by atoms with Gasteiger partial charge in [-0.25, -0.2) is 4.68 Å². The fourth-order valence-corrected chi connectivity index (χ4v) is 3.86. The Morgan fingerprint density at radius 2 is 2.10 bits per heavy atom. The fourth-order valence-electron chi connectivity index (χ4n) is 3.86. The topological polar surface area (TPSA) is 102 Å². The van der Waals surface area contributed by atoms with Gasteiger partial charge in [-0.3, -0.25) is 9.78 Å². The number of carbonyl (C=O) groups excluding carboxylic acids is 1. The molecule has 1 saturated heterocycles. The van der Waals surface area contributed by atoms with Gasteiger partial charge in [-0.15, -0.1) is 0 Å². The second kappa shape index (κ2) is 7.58. The first-order valence-corrected chi connectivity index (χ1v) is 9.97. The number of benzene rings is 1. The van der Waals surface area contributed by atoms with E-state index in [9.17, 15) is 4.79 Å². The van der Waals surface area contributed by atoms with Crippen LogP contribution in [0.4, 0.5) is 5.95 Å². The van der Waals surface area contributed by atoms with Gasteiger partial charge in [-0.2, -0.15) is 0 Å². The number of carbonyl (C=O) groups is 1. The third kappa shape index (κ3) is 3.28. The Hall–Kier alpha value is -3.75. The molecule has 0 aliphatic carbocycles. The zero-order valence-electron chi connectivity index (χ0n) is 16.5. The Bertz CT molecular complexity index is 1180. The molecule has 1 N–H and O–H groups in total. The summed E-state index contributed by atoms with van der Waals surface area (Å²) in [5.74, 6) is 0.664. The number of nitrogens with zero attached hydrogens (tertiary/aromatic N) is 6. The predicted molar refractivity (Wildman–Crippen MR) is 111 cm³/mol. The molecule has 152 valence electrons. The largest absolute Gasteiger partial charge is 0.464 e. The fraction of sp³-hybridized carbons (Fsp3) is 0.286. The molecular formula is C21H21N7O2. The van der Waals surface area contributed by atoms with Crippen LogP contribution in [-0.2, 0) is 6.54 Å². The van der Waals surface area contributed by atoms with Crippen molar-refractivity contribution in [1.82, 2.24) is 30.5 Å². The highest BCUT2D eigenvalue weighted by Gasteiger charge is 2.27. The van der Waals surface area contributed by atoms with Crippen molar-refractivity contribution in [2.45, 2.75) is 25.9 Å². The van der Waals surface area contributed by atoms with Gasteiger partial charge in [-0.05, 0) is 48.0 Å². The van der Waals surface area contributed by atoms with Gasteiger partial charge in [0.1, 0.15) is 5.58 Å². The molecule has 1 amide bonds. The standard InChI is InChI=1S/C21H21N7O2/c1-2-28-21(24-25-26-28)27-11-8-16(13-27)23-20(29)15-5-3-14(4-6-15)19-17-9-12-30-18(17)7-10-22-19/h3-7,9-10,12,16H,2,8,11,13H2,1H3,(H,23,29). The van der Waals surface area contributed by atoms with Crippen LogP contribution in [-0.4, -0.2) is 50.2 Å². The zero-order chi connectivity index (χ0) is 20.5. The van der Waals surface area contributed by atoms with E-state index in [0.717, 1.165) is 41.1 Å². The first-order valence-electron chi connectivity index (χ1n) is 9.97. The van der Waals surface area contributed by atoms with Crippen LogP contribution in [0.3, 0.4) is 0 Å². The summed E-state index contributed by atoms with van der Waals surface area (Å²) in [5.41, 5.74) is 3.20. The van der Waals surface area contributed by atoms with Crippen molar-refractivity contribution in [2.75, 3.05) is 18.0 Å². The lowest BCUT2D eigenvalue weighted by atomic mass is 10.1. The van der Waals surface area contributed by atoms with E-state index in [-0.39, 0.29) is 11.9 Å². The van der Waals surface area contributed by atoms with Gasteiger partial charge in [-0.1, -0.05) is 17.2 Å². The summed E-state index contributed by atoms with van der Waals surface area (Å²) in [4.78, 5) is 19.3. The van der Waals surface area contributed by atoms with E-state index in [1.165, 1.54) is 0 Å². The molecule has 1 fully saturated rings. The molecule has 1 aliphatic rings. The Morgan fingerprint density at radius 1 is 1.23 bits per heavy atom. The summed E-state index contributed by atoms with van der Waals surface area (Å²) in [6.07, 6.45) is 4.23. The van der Waals surface area contributed by atoms with Gasteiger partial charge < -0.3 is 14.6 Å². The Labute approximate surface area is 172 Å². The molecule has 5 rings (SSSR count). The molecule has 1 aliphatic heterocycles. The van der Waals surface area contributed by atoms with Crippen LogP contribution in [0.2, 0.25) is 0 Å². The molecule has 0 bridgehead atoms. The molecule has 0 spiro atoms. The van der Waals surface area contributed by atoms with E-state index in [4.69, 9.17) is 4.42 Å².